The van der Waals surface area contributed by atoms with Crippen molar-refractivity contribution in [1.29, 1.82) is 0 Å². The summed E-state index contributed by atoms with van der Waals surface area (Å²) < 4.78 is 0. The van der Waals surface area contributed by atoms with Crippen molar-refractivity contribution in [2.75, 3.05) is 13.6 Å². The van der Waals surface area contributed by atoms with E-state index < -0.39 is 6.10 Å². The second-order valence-electron chi connectivity index (χ2n) is 6.47. The van der Waals surface area contributed by atoms with Gasteiger partial charge in [0.2, 0.25) is 0 Å². The number of allylic oxidation sites excluding steroid dienone is 5. The minimum atomic E-state index is -0.440. The highest BCUT2D eigenvalue weighted by Gasteiger charge is 2.11. The molecule has 0 amide bonds. The maximum atomic E-state index is 10.5. The van der Waals surface area contributed by atoms with Crippen LogP contribution in [0.25, 0.3) is 0 Å². The zero-order chi connectivity index (χ0) is 17.9. The fraction of sp³-hybridized carbons (Fsp3) is 0.348. The van der Waals surface area contributed by atoms with Crippen LogP contribution in [-0.4, -0.2) is 29.7 Å². The van der Waals surface area contributed by atoms with Crippen LogP contribution in [0.15, 0.2) is 83.7 Å². The van der Waals surface area contributed by atoms with Crippen LogP contribution in [0.3, 0.4) is 0 Å². The number of aliphatic hydroxyl groups excluding tert-OH is 1. The Morgan fingerprint density at radius 2 is 2.04 bits per heavy atom. The molecule has 0 heterocycles. The Kier molecular flexibility index (Phi) is 8.21. The lowest BCUT2D eigenvalue weighted by molar-refractivity contribution is 0.179. The van der Waals surface area contributed by atoms with Gasteiger partial charge in [-0.05, 0) is 55.2 Å². The van der Waals surface area contributed by atoms with E-state index in [1.165, 1.54) is 11.1 Å². The van der Waals surface area contributed by atoms with Crippen LogP contribution in [0, 0.1) is 0 Å². The Hall–Kier alpha value is -2.12. The van der Waals surface area contributed by atoms with Crippen molar-refractivity contribution in [2.45, 2.75) is 38.8 Å². The lowest BCUT2D eigenvalue weighted by Crippen LogP contribution is -2.23. The molecule has 0 aliphatic heterocycles. The van der Waals surface area contributed by atoms with Crippen LogP contribution in [0.2, 0.25) is 0 Å². The molecule has 1 N–H and O–H groups in total. The first-order chi connectivity index (χ1) is 12.2. The first kappa shape index (κ1) is 19.2. The fourth-order valence-corrected chi connectivity index (χ4v) is 2.76. The first-order valence-corrected chi connectivity index (χ1v) is 9.07. The van der Waals surface area contributed by atoms with Gasteiger partial charge in [0.15, 0.2) is 0 Å². The SMILES string of the molecule is CC/C=C\C=C1\C=C=CC(C(O)CCN(C)Cc2ccccc2)=CC1. The number of hydrogen-bond acceptors (Lipinski definition) is 2. The Balaban J connectivity index is 1.84. The molecule has 1 aromatic carbocycles. The Morgan fingerprint density at radius 3 is 2.80 bits per heavy atom. The van der Waals surface area contributed by atoms with Gasteiger partial charge in [-0.15, -0.1) is 5.73 Å². The summed E-state index contributed by atoms with van der Waals surface area (Å²) in [5.74, 6) is 0. The Morgan fingerprint density at radius 1 is 1.24 bits per heavy atom. The van der Waals surface area contributed by atoms with Crippen LogP contribution in [0.4, 0.5) is 0 Å². The minimum Gasteiger partial charge on any atom is -0.388 e. The summed E-state index contributed by atoms with van der Waals surface area (Å²) in [5, 5.41) is 10.5. The molecule has 0 aromatic heterocycles. The highest BCUT2D eigenvalue weighted by atomic mass is 16.3. The monoisotopic (exact) mass is 335 g/mol. The summed E-state index contributed by atoms with van der Waals surface area (Å²) in [7, 11) is 2.10. The number of rotatable bonds is 8. The van der Waals surface area contributed by atoms with E-state index in [1.54, 1.807) is 0 Å². The van der Waals surface area contributed by atoms with E-state index in [0.717, 1.165) is 37.9 Å². The first-order valence-electron chi connectivity index (χ1n) is 9.07. The van der Waals surface area contributed by atoms with Gasteiger partial charge in [0.1, 0.15) is 0 Å². The molecular formula is C23H29NO. The van der Waals surface area contributed by atoms with E-state index in [-0.39, 0.29) is 0 Å². The van der Waals surface area contributed by atoms with Gasteiger partial charge in [-0.25, -0.2) is 0 Å². The van der Waals surface area contributed by atoms with E-state index in [0.29, 0.717) is 0 Å². The molecule has 1 aliphatic carbocycles. The largest absolute Gasteiger partial charge is 0.388 e. The highest BCUT2D eigenvalue weighted by Crippen LogP contribution is 2.17. The third-order valence-corrected chi connectivity index (χ3v) is 4.24. The van der Waals surface area contributed by atoms with Crippen LogP contribution in [0.1, 0.15) is 31.7 Å². The van der Waals surface area contributed by atoms with Gasteiger partial charge < -0.3 is 10.0 Å². The van der Waals surface area contributed by atoms with Crippen molar-refractivity contribution in [1.82, 2.24) is 4.90 Å². The molecule has 25 heavy (non-hydrogen) atoms. The van der Waals surface area contributed by atoms with Gasteiger partial charge in [-0.1, -0.05) is 61.6 Å². The van der Waals surface area contributed by atoms with Crippen LogP contribution < -0.4 is 0 Å². The average Bonchev–Trinajstić information content (AvgIpc) is 2.87. The molecule has 0 fully saturated rings. The maximum Gasteiger partial charge on any atom is 0.0805 e. The van der Waals surface area contributed by atoms with Gasteiger partial charge >= 0.3 is 0 Å². The maximum absolute atomic E-state index is 10.5. The van der Waals surface area contributed by atoms with Crippen LogP contribution in [-0.2, 0) is 6.54 Å². The Labute approximate surface area is 152 Å². The molecule has 0 saturated heterocycles. The van der Waals surface area contributed by atoms with Gasteiger partial charge in [0.25, 0.3) is 0 Å². The van der Waals surface area contributed by atoms with E-state index in [9.17, 15) is 5.11 Å². The molecule has 1 aromatic rings. The molecule has 132 valence electrons. The lowest BCUT2D eigenvalue weighted by atomic mass is 10.0. The van der Waals surface area contributed by atoms with Gasteiger partial charge in [-0.3, -0.25) is 0 Å². The van der Waals surface area contributed by atoms with Crippen molar-refractivity contribution in [3.05, 3.63) is 89.2 Å². The predicted octanol–water partition coefficient (Wildman–Crippen LogP) is 4.80. The molecular weight excluding hydrogens is 306 g/mol. The van der Waals surface area contributed by atoms with E-state index in [1.807, 2.05) is 18.2 Å². The number of aliphatic hydroxyl groups is 1. The quantitative estimate of drug-likeness (QED) is 0.690. The van der Waals surface area contributed by atoms with Crippen LogP contribution >= 0.6 is 0 Å². The zero-order valence-corrected chi connectivity index (χ0v) is 15.4. The molecule has 0 radical (unpaired) electrons. The van der Waals surface area contributed by atoms with Crippen LogP contribution in [0.5, 0.6) is 0 Å². The molecule has 1 unspecified atom stereocenters. The molecule has 0 spiro atoms. The normalized spacial score (nSPS) is 17.3. The lowest BCUT2D eigenvalue weighted by Gasteiger charge is -2.19. The van der Waals surface area contributed by atoms with Crippen molar-refractivity contribution < 1.29 is 5.11 Å². The number of nitrogens with zero attached hydrogens (tertiary/aromatic N) is 1. The summed E-state index contributed by atoms with van der Waals surface area (Å²) in [5.41, 5.74) is 6.66. The smallest absolute Gasteiger partial charge is 0.0805 e. The second kappa shape index (κ2) is 10.7. The van der Waals surface area contributed by atoms with Gasteiger partial charge in [0, 0.05) is 13.1 Å². The van der Waals surface area contributed by atoms with Crippen molar-refractivity contribution in [3.63, 3.8) is 0 Å². The van der Waals surface area contributed by atoms with Gasteiger partial charge in [0.05, 0.1) is 6.10 Å². The van der Waals surface area contributed by atoms with Crippen molar-refractivity contribution in [3.8, 4) is 0 Å². The molecule has 1 atom stereocenters. The molecule has 2 rings (SSSR count). The summed E-state index contributed by atoms with van der Waals surface area (Å²) in [4.78, 5) is 2.25. The third-order valence-electron chi connectivity index (χ3n) is 4.24. The molecule has 0 bridgehead atoms. The van der Waals surface area contributed by atoms with E-state index in [2.05, 4.69) is 73.2 Å². The molecule has 2 heteroatoms. The fourth-order valence-electron chi connectivity index (χ4n) is 2.76. The third kappa shape index (κ3) is 7.11. The number of hydrogen-bond donors (Lipinski definition) is 1. The predicted molar refractivity (Wildman–Crippen MR) is 106 cm³/mol. The zero-order valence-electron chi connectivity index (χ0n) is 15.4. The summed E-state index contributed by atoms with van der Waals surface area (Å²) in [6.45, 7) is 3.88. The van der Waals surface area contributed by atoms with Gasteiger partial charge in [-0.2, -0.15) is 0 Å². The summed E-state index contributed by atoms with van der Waals surface area (Å²) >= 11 is 0. The molecule has 2 nitrogen and oxygen atoms in total. The topological polar surface area (TPSA) is 23.5 Å². The Bertz CT molecular complexity index is 675. The highest BCUT2D eigenvalue weighted by molar-refractivity contribution is 5.34. The molecule has 0 saturated carbocycles. The second-order valence-corrected chi connectivity index (χ2v) is 6.47. The van der Waals surface area contributed by atoms with E-state index >= 15 is 0 Å². The van der Waals surface area contributed by atoms with Crippen molar-refractivity contribution in [2.24, 2.45) is 0 Å². The van der Waals surface area contributed by atoms with Crippen molar-refractivity contribution >= 4 is 0 Å². The summed E-state index contributed by atoms with van der Waals surface area (Å²) in [6, 6.07) is 10.4. The minimum absolute atomic E-state index is 0.440. The summed E-state index contributed by atoms with van der Waals surface area (Å²) in [6.07, 6.45) is 14.5. The number of benzene rings is 1. The average molecular weight is 335 g/mol. The van der Waals surface area contributed by atoms with E-state index in [4.69, 9.17) is 0 Å². The standard InChI is InChI=1S/C23H29NO/c1-3-4-6-10-20-13-9-14-22(16-15-20)23(25)17-18-24(2)19-21-11-7-5-8-12-21/h4-8,10-14,16,23,25H,3,15,17-19H2,1-2H3/b6-4-,20-10-. The molecule has 1 aliphatic rings.